The van der Waals surface area contributed by atoms with Crippen molar-refractivity contribution in [1.82, 2.24) is 19.9 Å². The number of nitrogens with zero attached hydrogens (tertiary/aromatic N) is 4. The van der Waals surface area contributed by atoms with Crippen LogP contribution in [0.15, 0.2) is 18.6 Å². The van der Waals surface area contributed by atoms with Gasteiger partial charge in [0.1, 0.15) is 11.8 Å². The van der Waals surface area contributed by atoms with Crippen molar-refractivity contribution in [3.8, 4) is 0 Å². The molecule has 23 heavy (non-hydrogen) atoms. The fourth-order valence-electron chi connectivity index (χ4n) is 3.87. The average molecular weight is 313 g/mol. The lowest BCUT2D eigenvalue weighted by Gasteiger charge is -2.43. The number of aromatic nitrogens is 3. The molecule has 1 N–H and O–H groups in total. The lowest BCUT2D eigenvalue weighted by molar-refractivity contribution is -0.138. The smallest absolute Gasteiger partial charge is 0.227 e. The van der Waals surface area contributed by atoms with Crippen molar-refractivity contribution in [3.63, 3.8) is 0 Å². The highest BCUT2D eigenvalue weighted by Gasteiger charge is 2.42. The van der Waals surface area contributed by atoms with E-state index in [1.165, 1.54) is 0 Å². The summed E-state index contributed by atoms with van der Waals surface area (Å²) in [5.41, 5.74) is 1.79. The second kappa shape index (κ2) is 5.04. The summed E-state index contributed by atoms with van der Waals surface area (Å²) in [7, 11) is 1.99. The van der Waals surface area contributed by atoms with Gasteiger partial charge >= 0.3 is 0 Å². The Balaban J connectivity index is 1.58. The summed E-state index contributed by atoms with van der Waals surface area (Å²) >= 11 is 0. The van der Waals surface area contributed by atoms with Crippen molar-refractivity contribution in [2.75, 3.05) is 18.0 Å². The van der Waals surface area contributed by atoms with E-state index in [2.05, 4.69) is 20.2 Å². The van der Waals surface area contributed by atoms with E-state index in [4.69, 9.17) is 0 Å². The molecule has 4 rings (SSSR count). The summed E-state index contributed by atoms with van der Waals surface area (Å²) in [4.78, 5) is 34.4. The van der Waals surface area contributed by atoms with Gasteiger partial charge in [-0.05, 0) is 24.3 Å². The van der Waals surface area contributed by atoms with Crippen LogP contribution in [0.4, 0.5) is 5.82 Å². The van der Waals surface area contributed by atoms with E-state index in [1.54, 1.807) is 6.33 Å². The monoisotopic (exact) mass is 313 g/mol. The molecule has 0 saturated carbocycles. The first-order valence-corrected chi connectivity index (χ1v) is 7.90. The van der Waals surface area contributed by atoms with Gasteiger partial charge in [-0.1, -0.05) is 0 Å². The number of imide groups is 1. The number of anilines is 1. The summed E-state index contributed by atoms with van der Waals surface area (Å²) in [5, 5.41) is 2.41. The van der Waals surface area contributed by atoms with Crippen LogP contribution in [0, 0.1) is 5.41 Å². The van der Waals surface area contributed by atoms with E-state index >= 15 is 0 Å². The van der Waals surface area contributed by atoms with Crippen LogP contribution in [0.2, 0.25) is 0 Å². The Labute approximate surface area is 133 Å². The average Bonchev–Trinajstić information content (AvgIpc) is 2.89. The number of carbonyl (C=O) groups is 2. The fourth-order valence-corrected chi connectivity index (χ4v) is 3.87. The molecule has 2 aromatic heterocycles. The molecule has 0 atom stereocenters. The molecule has 4 heterocycles. The molecule has 0 radical (unpaired) electrons. The minimum atomic E-state index is -0.170. The highest BCUT2D eigenvalue weighted by molar-refractivity contribution is 5.98. The molecule has 7 nitrogen and oxygen atoms in total. The first-order valence-electron chi connectivity index (χ1n) is 7.90. The van der Waals surface area contributed by atoms with Gasteiger partial charge in [-0.25, -0.2) is 9.97 Å². The van der Waals surface area contributed by atoms with E-state index in [-0.39, 0.29) is 17.2 Å². The molecule has 2 aliphatic heterocycles. The normalized spacial score (nSPS) is 21.0. The second-order valence-electron chi connectivity index (χ2n) is 6.67. The van der Waals surface area contributed by atoms with Crippen LogP contribution >= 0.6 is 0 Å². The van der Waals surface area contributed by atoms with E-state index in [1.807, 2.05) is 23.9 Å². The summed E-state index contributed by atoms with van der Waals surface area (Å²) < 4.78 is 2.03. The molecule has 2 saturated heterocycles. The van der Waals surface area contributed by atoms with Gasteiger partial charge in [0.15, 0.2) is 5.82 Å². The standard InChI is InChI=1S/C16H19N5O2/c1-20-5-2-11-14(20)15(18-10-17-11)21-6-3-16(4-7-21)8-12(22)19-13(23)9-16/h2,5,10H,3-4,6-9H2,1H3,(H,19,22,23). The molecule has 0 aromatic carbocycles. The van der Waals surface area contributed by atoms with Crippen molar-refractivity contribution in [2.24, 2.45) is 12.5 Å². The molecule has 2 amide bonds. The van der Waals surface area contributed by atoms with Crippen molar-refractivity contribution >= 4 is 28.7 Å². The molecule has 2 aliphatic rings. The molecule has 1 spiro atoms. The zero-order chi connectivity index (χ0) is 16.0. The zero-order valence-corrected chi connectivity index (χ0v) is 13.1. The molecule has 2 aromatic rings. The molecule has 0 aliphatic carbocycles. The number of hydrogen-bond acceptors (Lipinski definition) is 5. The summed E-state index contributed by atoms with van der Waals surface area (Å²) in [6.07, 6.45) is 6.16. The van der Waals surface area contributed by atoms with Gasteiger partial charge in [0.25, 0.3) is 0 Å². The first-order chi connectivity index (χ1) is 11.1. The van der Waals surface area contributed by atoms with Gasteiger partial charge in [-0.3, -0.25) is 14.9 Å². The quantitative estimate of drug-likeness (QED) is 0.794. The Morgan fingerprint density at radius 1 is 1.13 bits per heavy atom. The van der Waals surface area contributed by atoms with Gasteiger partial charge in [0.2, 0.25) is 11.8 Å². The van der Waals surface area contributed by atoms with Gasteiger partial charge in [-0.15, -0.1) is 0 Å². The number of nitrogens with one attached hydrogen (secondary N) is 1. The van der Waals surface area contributed by atoms with Crippen LogP contribution in [-0.2, 0) is 16.6 Å². The van der Waals surface area contributed by atoms with Crippen LogP contribution in [0.25, 0.3) is 11.0 Å². The van der Waals surface area contributed by atoms with Gasteiger partial charge in [0, 0.05) is 39.2 Å². The second-order valence-corrected chi connectivity index (χ2v) is 6.67. The maximum atomic E-state index is 11.7. The molecule has 120 valence electrons. The van der Waals surface area contributed by atoms with Crippen molar-refractivity contribution in [3.05, 3.63) is 18.6 Å². The van der Waals surface area contributed by atoms with E-state index < -0.39 is 0 Å². The number of aryl methyl sites for hydroxylation is 1. The Kier molecular flexibility index (Phi) is 3.11. The van der Waals surface area contributed by atoms with Crippen molar-refractivity contribution in [1.29, 1.82) is 0 Å². The van der Waals surface area contributed by atoms with E-state index in [9.17, 15) is 9.59 Å². The third kappa shape index (κ3) is 2.36. The molecule has 7 heteroatoms. The largest absolute Gasteiger partial charge is 0.355 e. The van der Waals surface area contributed by atoms with Crippen LogP contribution in [0.3, 0.4) is 0 Å². The van der Waals surface area contributed by atoms with Crippen LogP contribution in [-0.4, -0.2) is 39.4 Å². The van der Waals surface area contributed by atoms with Gasteiger partial charge < -0.3 is 9.47 Å². The molecular formula is C16H19N5O2. The lowest BCUT2D eigenvalue weighted by Crippen LogP contribution is -2.50. The highest BCUT2D eigenvalue weighted by Crippen LogP contribution is 2.41. The predicted octanol–water partition coefficient (Wildman–Crippen LogP) is 0.991. The maximum Gasteiger partial charge on any atom is 0.227 e. The minimum absolute atomic E-state index is 0.137. The van der Waals surface area contributed by atoms with Crippen molar-refractivity contribution < 1.29 is 9.59 Å². The zero-order valence-electron chi connectivity index (χ0n) is 13.1. The predicted molar refractivity (Wildman–Crippen MR) is 84.8 cm³/mol. The number of fused-ring (bicyclic) bond motifs is 1. The Morgan fingerprint density at radius 2 is 1.83 bits per heavy atom. The highest BCUT2D eigenvalue weighted by atomic mass is 16.2. The van der Waals surface area contributed by atoms with E-state index in [0.29, 0.717) is 12.8 Å². The SMILES string of the molecule is Cn1ccc2ncnc(N3CCC4(CC3)CC(=O)NC(=O)C4)c21. The van der Waals surface area contributed by atoms with Crippen LogP contribution < -0.4 is 10.2 Å². The number of hydrogen-bond donors (Lipinski definition) is 1. The van der Waals surface area contributed by atoms with Crippen LogP contribution in [0.1, 0.15) is 25.7 Å². The molecular weight excluding hydrogens is 294 g/mol. The number of rotatable bonds is 1. The van der Waals surface area contributed by atoms with Gasteiger partial charge in [0.05, 0.1) is 5.52 Å². The van der Waals surface area contributed by atoms with Crippen molar-refractivity contribution in [2.45, 2.75) is 25.7 Å². The van der Waals surface area contributed by atoms with Gasteiger partial charge in [-0.2, -0.15) is 0 Å². The third-order valence-electron chi connectivity index (χ3n) is 5.11. The Hall–Kier alpha value is -2.44. The number of piperidine rings is 2. The first kappa shape index (κ1) is 14.2. The number of amides is 2. The third-order valence-corrected chi connectivity index (χ3v) is 5.11. The number of carbonyl (C=O) groups excluding carboxylic acids is 2. The molecule has 0 bridgehead atoms. The molecule has 2 fully saturated rings. The summed E-state index contributed by atoms with van der Waals surface area (Å²) in [6, 6.07) is 1.98. The Morgan fingerprint density at radius 3 is 2.52 bits per heavy atom. The fraction of sp³-hybridized carbons (Fsp3) is 0.500. The maximum absolute atomic E-state index is 11.7. The Bertz CT molecular complexity index is 771. The summed E-state index contributed by atoms with van der Waals surface area (Å²) in [6.45, 7) is 1.61. The molecule has 0 unspecified atom stereocenters. The van der Waals surface area contributed by atoms with Crippen LogP contribution in [0.5, 0.6) is 0 Å². The topological polar surface area (TPSA) is 80.1 Å². The lowest BCUT2D eigenvalue weighted by atomic mass is 9.71. The minimum Gasteiger partial charge on any atom is -0.355 e. The van der Waals surface area contributed by atoms with E-state index in [0.717, 1.165) is 42.8 Å². The summed E-state index contributed by atoms with van der Waals surface area (Å²) in [5.74, 6) is 0.659.